The van der Waals surface area contributed by atoms with Crippen molar-refractivity contribution in [3.8, 4) is 0 Å². The number of non-ortho nitro benzene ring substituents is 1. The van der Waals surface area contributed by atoms with Crippen LogP contribution in [-0.4, -0.2) is 21.3 Å². The molecule has 29 heavy (non-hydrogen) atoms. The molecule has 2 amide bonds. The van der Waals surface area contributed by atoms with Gasteiger partial charge in [0.15, 0.2) is 5.58 Å². The molecule has 0 saturated heterocycles. The molecule has 3 rings (SSSR count). The number of nitro groups is 1. The average Bonchev–Trinajstić information content (AvgIpc) is 2.97. The molecule has 3 N–H and O–H groups in total. The van der Waals surface area contributed by atoms with E-state index in [9.17, 15) is 24.5 Å². The lowest BCUT2D eigenvalue weighted by Crippen LogP contribution is -2.17. The molecule has 11 heteroatoms. The number of nitro benzene ring substituents is 1. The van der Waals surface area contributed by atoms with Crippen molar-refractivity contribution in [2.45, 2.75) is 19.4 Å². The van der Waals surface area contributed by atoms with Gasteiger partial charge in [-0.1, -0.05) is 11.6 Å². The molecule has 0 fully saturated rings. The molecule has 0 saturated carbocycles. The van der Waals surface area contributed by atoms with E-state index in [4.69, 9.17) is 21.8 Å². The van der Waals surface area contributed by atoms with Gasteiger partial charge in [-0.15, -0.1) is 0 Å². The monoisotopic (exact) mass is 418 g/mol. The van der Waals surface area contributed by atoms with Crippen molar-refractivity contribution in [3.05, 3.63) is 67.6 Å². The van der Waals surface area contributed by atoms with Crippen molar-refractivity contribution in [2.75, 3.05) is 5.32 Å². The molecule has 0 unspecified atom stereocenters. The van der Waals surface area contributed by atoms with Crippen molar-refractivity contribution in [1.82, 2.24) is 4.57 Å². The number of amides is 2. The van der Waals surface area contributed by atoms with E-state index in [-0.39, 0.29) is 40.7 Å². The predicted octanol–water partition coefficient (Wildman–Crippen LogP) is 2.67. The quantitative estimate of drug-likeness (QED) is 0.444. The van der Waals surface area contributed by atoms with E-state index in [0.29, 0.717) is 17.6 Å². The molecular weight excluding hydrogens is 404 g/mol. The highest BCUT2D eigenvalue weighted by Gasteiger charge is 2.15. The van der Waals surface area contributed by atoms with Gasteiger partial charge in [0, 0.05) is 24.7 Å². The molecule has 1 aromatic heterocycles. The van der Waals surface area contributed by atoms with Crippen LogP contribution in [-0.2, 0) is 11.3 Å². The number of oxazole rings is 1. The van der Waals surface area contributed by atoms with Crippen molar-refractivity contribution in [3.63, 3.8) is 0 Å². The number of nitrogens with two attached hydrogens (primary N) is 1. The van der Waals surface area contributed by atoms with E-state index in [0.717, 1.165) is 0 Å². The Morgan fingerprint density at radius 2 is 2.00 bits per heavy atom. The molecule has 0 atom stereocenters. The molecule has 10 nitrogen and oxygen atoms in total. The third kappa shape index (κ3) is 4.43. The van der Waals surface area contributed by atoms with E-state index < -0.39 is 16.6 Å². The summed E-state index contributed by atoms with van der Waals surface area (Å²) in [4.78, 5) is 45.7. The van der Waals surface area contributed by atoms with E-state index in [1.807, 2.05) is 0 Å². The number of carbonyl (C=O) groups excluding carboxylic acids is 2. The van der Waals surface area contributed by atoms with Gasteiger partial charge in [-0.25, -0.2) is 4.79 Å². The third-order valence-electron chi connectivity index (χ3n) is 4.16. The minimum absolute atomic E-state index is 0.0840. The molecule has 150 valence electrons. The van der Waals surface area contributed by atoms with Crippen LogP contribution >= 0.6 is 11.6 Å². The van der Waals surface area contributed by atoms with E-state index >= 15 is 0 Å². The summed E-state index contributed by atoms with van der Waals surface area (Å²) < 4.78 is 6.34. The maximum absolute atomic E-state index is 12.1. The molecular formula is C18H15ClN4O6. The molecule has 0 bridgehead atoms. The Morgan fingerprint density at radius 3 is 2.69 bits per heavy atom. The number of hydrogen-bond acceptors (Lipinski definition) is 6. The van der Waals surface area contributed by atoms with Crippen LogP contribution in [0, 0.1) is 10.1 Å². The lowest BCUT2D eigenvalue weighted by Gasteiger charge is -2.08. The number of primary amides is 1. The number of carbonyl (C=O) groups is 2. The zero-order chi connectivity index (χ0) is 21.1. The number of aryl methyl sites for hydroxylation is 1. The first-order chi connectivity index (χ1) is 13.8. The highest BCUT2D eigenvalue weighted by Crippen LogP contribution is 2.21. The van der Waals surface area contributed by atoms with Crippen LogP contribution in [0.2, 0.25) is 5.02 Å². The topological polar surface area (TPSA) is 150 Å². The standard InChI is InChI=1S/C18H15ClN4O6/c19-13-5-3-10(8-12(13)17(20)25)21-16(24)2-1-7-22-14-6-4-11(23(27)28)9-15(14)29-18(22)26/h3-6,8-9H,1-2,7H2,(H2,20,25)(H,21,24). The third-order valence-corrected chi connectivity index (χ3v) is 4.49. The Bertz CT molecular complexity index is 1180. The zero-order valence-electron chi connectivity index (χ0n) is 14.9. The van der Waals surface area contributed by atoms with Crippen LogP contribution in [0.5, 0.6) is 0 Å². The van der Waals surface area contributed by atoms with Gasteiger partial charge in [-0.3, -0.25) is 24.3 Å². The highest BCUT2D eigenvalue weighted by molar-refractivity contribution is 6.34. The first-order valence-corrected chi connectivity index (χ1v) is 8.81. The Kier molecular flexibility index (Phi) is 5.64. The first-order valence-electron chi connectivity index (χ1n) is 8.43. The molecule has 0 aliphatic carbocycles. The second-order valence-electron chi connectivity index (χ2n) is 6.14. The fraction of sp³-hybridized carbons (Fsp3) is 0.167. The van der Waals surface area contributed by atoms with Crippen LogP contribution in [0.25, 0.3) is 11.1 Å². The average molecular weight is 419 g/mol. The van der Waals surface area contributed by atoms with Gasteiger partial charge in [0.25, 0.3) is 5.69 Å². The summed E-state index contributed by atoms with van der Waals surface area (Å²) in [6, 6.07) is 8.25. The van der Waals surface area contributed by atoms with Crippen LogP contribution < -0.4 is 16.8 Å². The lowest BCUT2D eigenvalue weighted by atomic mass is 10.2. The summed E-state index contributed by atoms with van der Waals surface area (Å²) in [5.41, 5.74) is 6.01. The van der Waals surface area contributed by atoms with Crippen molar-refractivity contribution in [1.29, 1.82) is 0 Å². The highest BCUT2D eigenvalue weighted by atomic mass is 35.5. The van der Waals surface area contributed by atoms with Crippen LogP contribution in [0.15, 0.2) is 45.6 Å². The molecule has 0 aliphatic rings. The van der Waals surface area contributed by atoms with Crippen LogP contribution in [0.1, 0.15) is 23.2 Å². The predicted molar refractivity (Wildman–Crippen MR) is 105 cm³/mol. The molecule has 2 aromatic carbocycles. The summed E-state index contributed by atoms with van der Waals surface area (Å²) in [5.74, 6) is -1.71. The second kappa shape index (κ2) is 8.15. The molecule has 1 heterocycles. The van der Waals surface area contributed by atoms with Crippen molar-refractivity contribution >= 4 is 45.9 Å². The Morgan fingerprint density at radius 1 is 1.24 bits per heavy atom. The smallest absolute Gasteiger partial charge is 0.407 e. The summed E-state index contributed by atoms with van der Waals surface area (Å²) in [7, 11) is 0. The second-order valence-corrected chi connectivity index (χ2v) is 6.55. The van der Waals surface area contributed by atoms with Gasteiger partial charge in [0.05, 0.1) is 27.1 Å². The number of halogens is 1. The number of fused-ring (bicyclic) bond motifs is 1. The summed E-state index contributed by atoms with van der Waals surface area (Å²) in [5, 5.41) is 13.6. The van der Waals surface area contributed by atoms with Crippen LogP contribution in [0.3, 0.4) is 0 Å². The summed E-state index contributed by atoms with van der Waals surface area (Å²) in [6.45, 7) is 0.185. The van der Waals surface area contributed by atoms with Gasteiger partial charge >= 0.3 is 5.76 Å². The molecule has 0 spiro atoms. The van der Waals surface area contributed by atoms with Gasteiger partial charge in [-0.05, 0) is 30.7 Å². The number of aromatic nitrogens is 1. The normalized spacial score (nSPS) is 10.8. The fourth-order valence-corrected chi connectivity index (χ4v) is 3.00. The number of rotatable bonds is 7. The van der Waals surface area contributed by atoms with Gasteiger partial charge < -0.3 is 15.5 Å². The zero-order valence-corrected chi connectivity index (χ0v) is 15.6. The Hall–Kier alpha value is -3.66. The Balaban J connectivity index is 1.64. The largest absolute Gasteiger partial charge is 0.419 e. The maximum Gasteiger partial charge on any atom is 0.419 e. The summed E-state index contributed by atoms with van der Waals surface area (Å²) >= 11 is 5.87. The summed E-state index contributed by atoms with van der Waals surface area (Å²) in [6.07, 6.45) is 0.397. The maximum atomic E-state index is 12.1. The first kappa shape index (κ1) is 20.1. The Labute approximate surface area is 168 Å². The molecule has 3 aromatic rings. The minimum atomic E-state index is -0.711. The van der Waals surface area contributed by atoms with Gasteiger partial charge in [0.2, 0.25) is 11.8 Å². The number of nitrogens with one attached hydrogen (secondary N) is 1. The molecule has 0 aliphatic heterocycles. The van der Waals surface area contributed by atoms with Crippen LogP contribution in [0.4, 0.5) is 11.4 Å². The number of benzene rings is 2. The lowest BCUT2D eigenvalue weighted by molar-refractivity contribution is -0.384. The number of nitrogens with zero attached hydrogens (tertiary/aromatic N) is 2. The number of anilines is 1. The van der Waals surface area contributed by atoms with Gasteiger partial charge in [0.1, 0.15) is 0 Å². The fourth-order valence-electron chi connectivity index (χ4n) is 2.79. The minimum Gasteiger partial charge on any atom is -0.407 e. The van der Waals surface area contributed by atoms with Crippen molar-refractivity contribution in [2.24, 2.45) is 5.73 Å². The van der Waals surface area contributed by atoms with Gasteiger partial charge in [-0.2, -0.15) is 0 Å². The van der Waals surface area contributed by atoms with E-state index in [2.05, 4.69) is 5.32 Å². The van der Waals surface area contributed by atoms with E-state index in [1.54, 1.807) is 0 Å². The SMILES string of the molecule is NC(=O)c1cc(NC(=O)CCCn2c(=O)oc3cc([N+](=O)[O-])ccc32)ccc1Cl. The molecule has 0 radical (unpaired) electrons. The number of hydrogen-bond donors (Lipinski definition) is 2. The van der Waals surface area contributed by atoms with Crippen molar-refractivity contribution < 1.29 is 18.9 Å². The van der Waals surface area contributed by atoms with E-state index in [1.165, 1.54) is 41.0 Å².